The number of amides is 1. The van der Waals surface area contributed by atoms with Crippen molar-refractivity contribution >= 4 is 11.7 Å². The van der Waals surface area contributed by atoms with E-state index in [1.165, 1.54) is 6.42 Å². The van der Waals surface area contributed by atoms with Crippen molar-refractivity contribution in [1.82, 2.24) is 4.98 Å². The molecule has 0 atom stereocenters. The van der Waals surface area contributed by atoms with Crippen molar-refractivity contribution in [2.24, 2.45) is 5.92 Å². The summed E-state index contributed by atoms with van der Waals surface area (Å²) in [4.78, 5) is 18.5. The quantitative estimate of drug-likeness (QED) is 0.777. The van der Waals surface area contributed by atoms with E-state index in [-0.39, 0.29) is 5.92 Å². The molecule has 0 N–H and O–H groups in total. The summed E-state index contributed by atoms with van der Waals surface area (Å²) in [6, 6.07) is 6.20. The van der Waals surface area contributed by atoms with Crippen molar-refractivity contribution in [1.29, 1.82) is 0 Å². The molecule has 0 aromatic carbocycles. The molecule has 3 nitrogen and oxygen atoms in total. The lowest BCUT2D eigenvalue weighted by molar-refractivity contribution is -0.124. The second-order valence-corrected chi connectivity index (χ2v) is 4.76. The van der Waals surface area contributed by atoms with Crippen LogP contribution in [0, 0.1) is 5.92 Å². The van der Waals surface area contributed by atoms with Crippen LogP contribution >= 0.6 is 0 Å². The van der Waals surface area contributed by atoms with Gasteiger partial charge >= 0.3 is 0 Å². The number of rotatable bonds is 3. The Labute approximate surface area is 95.5 Å². The number of carbonyl (C=O) groups excluding carboxylic acids is 1. The van der Waals surface area contributed by atoms with Crippen LogP contribution in [-0.4, -0.2) is 16.9 Å². The predicted molar refractivity (Wildman–Crippen MR) is 62.1 cm³/mol. The fraction of sp³-hybridized carbons (Fsp3) is 0.538. The van der Waals surface area contributed by atoms with Crippen molar-refractivity contribution in [2.75, 3.05) is 4.90 Å². The predicted octanol–water partition coefficient (Wildman–Crippen LogP) is 2.38. The second kappa shape index (κ2) is 3.89. The minimum atomic E-state index is 0.266. The molecule has 1 amide bonds. The molecule has 3 rings (SSSR count). The van der Waals surface area contributed by atoms with Crippen molar-refractivity contribution in [3.05, 3.63) is 24.4 Å². The number of nitrogens with zero attached hydrogens (tertiary/aromatic N) is 2. The van der Waals surface area contributed by atoms with Gasteiger partial charge in [0.05, 0.1) is 0 Å². The number of carbonyl (C=O) groups is 1. The van der Waals surface area contributed by atoms with E-state index >= 15 is 0 Å². The molecule has 2 fully saturated rings. The number of aromatic nitrogens is 1. The van der Waals surface area contributed by atoms with Gasteiger partial charge in [-0.1, -0.05) is 12.5 Å². The minimum Gasteiger partial charge on any atom is -0.293 e. The molecule has 0 saturated heterocycles. The van der Waals surface area contributed by atoms with Gasteiger partial charge in [-0.25, -0.2) is 4.98 Å². The maximum atomic E-state index is 12.3. The number of hydrogen-bond acceptors (Lipinski definition) is 2. The molecule has 1 aromatic heterocycles. The number of hydrogen-bond donors (Lipinski definition) is 0. The highest BCUT2D eigenvalue weighted by Gasteiger charge is 2.39. The first kappa shape index (κ1) is 9.82. The molecule has 0 aliphatic heterocycles. The molecule has 0 radical (unpaired) electrons. The Balaban J connectivity index is 1.83. The first-order valence-electron chi connectivity index (χ1n) is 6.10. The topological polar surface area (TPSA) is 33.2 Å². The third-order valence-electron chi connectivity index (χ3n) is 3.50. The average Bonchev–Trinajstić information content (AvgIpc) is 3.01. The van der Waals surface area contributed by atoms with Crippen LogP contribution < -0.4 is 4.90 Å². The molecular formula is C13H16N2O. The summed E-state index contributed by atoms with van der Waals surface area (Å²) in [5.74, 6) is 1.40. The molecule has 0 spiro atoms. The standard InChI is InChI=1S/C13H16N2O/c16-13(10-4-3-5-10)15(11-7-8-11)12-6-1-2-9-14-12/h1-2,6,9-11H,3-5,7-8H2. The lowest BCUT2D eigenvalue weighted by Gasteiger charge is -2.31. The molecule has 0 bridgehead atoms. The van der Waals surface area contributed by atoms with Crippen LogP contribution in [0.25, 0.3) is 0 Å². The zero-order valence-electron chi connectivity index (χ0n) is 9.30. The molecule has 84 valence electrons. The summed E-state index contributed by atoms with van der Waals surface area (Å²) < 4.78 is 0. The van der Waals surface area contributed by atoms with E-state index < -0.39 is 0 Å². The van der Waals surface area contributed by atoms with Gasteiger partial charge in [0, 0.05) is 18.2 Å². The molecule has 2 saturated carbocycles. The van der Waals surface area contributed by atoms with Gasteiger partial charge in [0.15, 0.2) is 0 Å². The van der Waals surface area contributed by atoms with Crippen LogP contribution in [0.2, 0.25) is 0 Å². The molecule has 1 aromatic rings. The Bertz CT molecular complexity index is 382. The lowest BCUT2D eigenvalue weighted by atomic mass is 9.84. The van der Waals surface area contributed by atoms with Crippen molar-refractivity contribution < 1.29 is 4.79 Å². The lowest BCUT2D eigenvalue weighted by Crippen LogP contribution is -2.40. The SMILES string of the molecule is O=C(C1CCC1)N(c1ccccn1)C1CC1. The van der Waals surface area contributed by atoms with E-state index in [1.807, 2.05) is 23.1 Å². The summed E-state index contributed by atoms with van der Waals surface area (Å²) in [5, 5.41) is 0. The third kappa shape index (κ3) is 1.70. The van der Waals surface area contributed by atoms with Gasteiger partial charge in [-0.05, 0) is 37.8 Å². The van der Waals surface area contributed by atoms with Crippen LogP contribution in [0.3, 0.4) is 0 Å². The smallest absolute Gasteiger partial charge is 0.231 e. The van der Waals surface area contributed by atoms with Gasteiger partial charge < -0.3 is 0 Å². The van der Waals surface area contributed by atoms with E-state index in [9.17, 15) is 4.79 Å². The van der Waals surface area contributed by atoms with E-state index in [1.54, 1.807) is 6.20 Å². The highest BCUT2D eigenvalue weighted by Crippen LogP contribution is 2.36. The van der Waals surface area contributed by atoms with E-state index in [0.717, 1.165) is 31.5 Å². The van der Waals surface area contributed by atoms with Gasteiger partial charge in [0.25, 0.3) is 0 Å². The average molecular weight is 216 g/mol. The summed E-state index contributed by atoms with van der Waals surface area (Å²) in [5.41, 5.74) is 0. The minimum absolute atomic E-state index is 0.266. The molecule has 2 aliphatic rings. The maximum absolute atomic E-state index is 12.3. The van der Waals surface area contributed by atoms with Crippen LogP contribution in [0.1, 0.15) is 32.1 Å². The van der Waals surface area contributed by atoms with Gasteiger partial charge in [0.1, 0.15) is 5.82 Å². The highest BCUT2D eigenvalue weighted by molar-refractivity contribution is 5.95. The first-order chi connectivity index (χ1) is 7.86. The molecule has 1 heterocycles. The fourth-order valence-corrected chi connectivity index (χ4v) is 2.16. The fourth-order valence-electron chi connectivity index (χ4n) is 2.16. The highest BCUT2D eigenvalue weighted by atomic mass is 16.2. The Morgan fingerprint density at radius 1 is 1.25 bits per heavy atom. The molecule has 3 heteroatoms. The van der Waals surface area contributed by atoms with Crippen LogP contribution in [0.15, 0.2) is 24.4 Å². The van der Waals surface area contributed by atoms with Gasteiger partial charge in [-0.3, -0.25) is 9.69 Å². The molecule has 2 aliphatic carbocycles. The van der Waals surface area contributed by atoms with Gasteiger partial charge in [0.2, 0.25) is 5.91 Å². The molecule has 0 unspecified atom stereocenters. The second-order valence-electron chi connectivity index (χ2n) is 4.76. The Morgan fingerprint density at radius 3 is 2.56 bits per heavy atom. The first-order valence-corrected chi connectivity index (χ1v) is 6.10. The maximum Gasteiger partial charge on any atom is 0.231 e. The normalized spacial score (nSPS) is 20.2. The largest absolute Gasteiger partial charge is 0.293 e. The molecule has 16 heavy (non-hydrogen) atoms. The molecular weight excluding hydrogens is 200 g/mol. The Kier molecular flexibility index (Phi) is 2.39. The van der Waals surface area contributed by atoms with Crippen LogP contribution in [0.5, 0.6) is 0 Å². The zero-order chi connectivity index (χ0) is 11.0. The number of pyridine rings is 1. The third-order valence-corrected chi connectivity index (χ3v) is 3.50. The summed E-state index contributed by atoms with van der Waals surface area (Å²) in [6.45, 7) is 0. The van der Waals surface area contributed by atoms with Crippen molar-refractivity contribution in [3.8, 4) is 0 Å². The van der Waals surface area contributed by atoms with E-state index in [2.05, 4.69) is 4.98 Å². The number of anilines is 1. The van der Waals surface area contributed by atoms with Crippen LogP contribution in [0.4, 0.5) is 5.82 Å². The van der Waals surface area contributed by atoms with Gasteiger partial charge in [-0.15, -0.1) is 0 Å². The van der Waals surface area contributed by atoms with Crippen LogP contribution in [-0.2, 0) is 4.79 Å². The monoisotopic (exact) mass is 216 g/mol. The summed E-state index contributed by atoms with van der Waals surface area (Å²) in [6.07, 6.45) is 7.36. The Hall–Kier alpha value is -1.38. The zero-order valence-corrected chi connectivity index (χ0v) is 9.30. The van der Waals surface area contributed by atoms with Crippen molar-refractivity contribution in [3.63, 3.8) is 0 Å². The van der Waals surface area contributed by atoms with E-state index in [4.69, 9.17) is 0 Å². The van der Waals surface area contributed by atoms with E-state index in [0.29, 0.717) is 11.9 Å². The Morgan fingerprint density at radius 2 is 2.06 bits per heavy atom. The van der Waals surface area contributed by atoms with Crippen molar-refractivity contribution in [2.45, 2.75) is 38.1 Å². The summed E-state index contributed by atoms with van der Waals surface area (Å²) in [7, 11) is 0. The van der Waals surface area contributed by atoms with Gasteiger partial charge in [-0.2, -0.15) is 0 Å². The summed E-state index contributed by atoms with van der Waals surface area (Å²) >= 11 is 0.